The van der Waals surface area contributed by atoms with E-state index in [1.807, 2.05) is 7.05 Å². The first-order chi connectivity index (χ1) is 8.81. The third-order valence-corrected chi connectivity index (χ3v) is 3.93. The van der Waals surface area contributed by atoms with E-state index in [-0.39, 0.29) is 5.60 Å². The Labute approximate surface area is 107 Å². The molecule has 0 aliphatic carbocycles. The van der Waals surface area contributed by atoms with E-state index in [0.717, 1.165) is 51.3 Å². The average Bonchev–Trinajstić information content (AvgIpc) is 3.00. The molecule has 2 aliphatic rings. The zero-order valence-corrected chi connectivity index (χ0v) is 10.9. The van der Waals surface area contributed by atoms with Crippen LogP contribution in [0.5, 0.6) is 0 Å². The first-order valence-electron chi connectivity index (χ1n) is 6.72. The van der Waals surface area contributed by atoms with Crippen LogP contribution in [0.15, 0.2) is 12.3 Å². The SMILES string of the molecule is CNCc1ccn(C2CCOC3(CCOC3)C2)n1. The highest BCUT2D eigenvalue weighted by Crippen LogP contribution is 2.37. The molecule has 1 N–H and O–H groups in total. The smallest absolute Gasteiger partial charge is 0.0957 e. The predicted molar refractivity (Wildman–Crippen MR) is 67.4 cm³/mol. The van der Waals surface area contributed by atoms with Crippen LogP contribution < -0.4 is 5.32 Å². The summed E-state index contributed by atoms with van der Waals surface area (Å²) in [5.41, 5.74) is 1.05. The highest BCUT2D eigenvalue weighted by atomic mass is 16.6. The lowest BCUT2D eigenvalue weighted by atomic mass is 9.90. The van der Waals surface area contributed by atoms with Gasteiger partial charge in [-0.05, 0) is 19.5 Å². The fourth-order valence-electron chi connectivity index (χ4n) is 2.95. The number of rotatable bonds is 3. The molecule has 0 saturated carbocycles. The van der Waals surface area contributed by atoms with Gasteiger partial charge in [0.15, 0.2) is 0 Å². The van der Waals surface area contributed by atoms with Crippen LogP contribution in [0.4, 0.5) is 0 Å². The molecule has 0 bridgehead atoms. The van der Waals surface area contributed by atoms with Crippen molar-refractivity contribution in [1.29, 1.82) is 0 Å². The van der Waals surface area contributed by atoms with E-state index in [4.69, 9.17) is 9.47 Å². The molecule has 1 aromatic heterocycles. The molecule has 2 unspecified atom stereocenters. The van der Waals surface area contributed by atoms with Gasteiger partial charge in [-0.2, -0.15) is 5.10 Å². The van der Waals surface area contributed by atoms with Gasteiger partial charge in [-0.15, -0.1) is 0 Å². The maximum atomic E-state index is 5.95. The standard InChI is InChI=1S/C13H21N3O2/c1-14-9-11-2-5-16(15-11)12-3-6-18-13(8-12)4-7-17-10-13/h2,5,12,14H,3-4,6-10H2,1H3. The Hall–Kier alpha value is -0.910. The molecule has 3 rings (SSSR count). The lowest BCUT2D eigenvalue weighted by Crippen LogP contribution is -2.41. The molecule has 0 amide bonds. The fourth-order valence-corrected chi connectivity index (χ4v) is 2.95. The van der Waals surface area contributed by atoms with Gasteiger partial charge >= 0.3 is 0 Å². The van der Waals surface area contributed by atoms with E-state index in [1.54, 1.807) is 0 Å². The topological polar surface area (TPSA) is 48.3 Å². The highest BCUT2D eigenvalue weighted by molar-refractivity contribution is 5.01. The number of aromatic nitrogens is 2. The van der Waals surface area contributed by atoms with Gasteiger partial charge in [0.2, 0.25) is 0 Å². The van der Waals surface area contributed by atoms with Crippen molar-refractivity contribution in [2.45, 2.75) is 37.5 Å². The van der Waals surface area contributed by atoms with Gasteiger partial charge in [-0.1, -0.05) is 0 Å². The monoisotopic (exact) mass is 251 g/mol. The minimum Gasteiger partial charge on any atom is -0.378 e. The summed E-state index contributed by atoms with van der Waals surface area (Å²) < 4.78 is 13.6. The molecule has 2 fully saturated rings. The summed E-state index contributed by atoms with van der Waals surface area (Å²) in [6.45, 7) is 3.21. The predicted octanol–water partition coefficient (Wildman–Crippen LogP) is 1.11. The molecule has 2 aliphatic heterocycles. The zero-order valence-electron chi connectivity index (χ0n) is 10.9. The van der Waals surface area contributed by atoms with Crippen molar-refractivity contribution in [2.24, 2.45) is 0 Å². The summed E-state index contributed by atoms with van der Waals surface area (Å²) in [7, 11) is 1.94. The number of ether oxygens (including phenoxy) is 2. The van der Waals surface area contributed by atoms with Gasteiger partial charge in [-0.3, -0.25) is 4.68 Å². The molecule has 3 heterocycles. The van der Waals surface area contributed by atoms with Gasteiger partial charge in [0.05, 0.1) is 23.9 Å². The summed E-state index contributed by atoms with van der Waals surface area (Å²) in [4.78, 5) is 0. The van der Waals surface area contributed by atoms with E-state index in [0.29, 0.717) is 6.04 Å². The maximum absolute atomic E-state index is 5.95. The summed E-state index contributed by atoms with van der Waals surface area (Å²) in [5.74, 6) is 0. The summed E-state index contributed by atoms with van der Waals surface area (Å²) in [5, 5.41) is 7.76. The first-order valence-corrected chi connectivity index (χ1v) is 6.72. The van der Waals surface area contributed by atoms with Crippen molar-refractivity contribution in [1.82, 2.24) is 15.1 Å². The van der Waals surface area contributed by atoms with Gasteiger partial charge < -0.3 is 14.8 Å². The first kappa shape index (κ1) is 12.1. The normalized spacial score (nSPS) is 32.2. The third kappa shape index (κ3) is 2.30. The Morgan fingerprint density at radius 3 is 3.28 bits per heavy atom. The Morgan fingerprint density at radius 1 is 1.56 bits per heavy atom. The second-order valence-electron chi connectivity index (χ2n) is 5.30. The van der Waals surface area contributed by atoms with E-state index < -0.39 is 0 Å². The molecule has 5 nitrogen and oxygen atoms in total. The molecule has 2 saturated heterocycles. The summed E-state index contributed by atoms with van der Waals surface area (Å²) in [6, 6.07) is 2.54. The minimum atomic E-state index is -0.0436. The number of hydrogen-bond donors (Lipinski definition) is 1. The van der Waals surface area contributed by atoms with Crippen LogP contribution in [0.25, 0.3) is 0 Å². The molecule has 1 spiro atoms. The average molecular weight is 251 g/mol. The Kier molecular flexibility index (Phi) is 3.37. The van der Waals surface area contributed by atoms with E-state index in [1.165, 1.54) is 0 Å². The molecular formula is C13H21N3O2. The quantitative estimate of drug-likeness (QED) is 0.874. The zero-order chi connectivity index (χ0) is 12.4. The molecule has 5 heteroatoms. The van der Waals surface area contributed by atoms with Gasteiger partial charge in [0.1, 0.15) is 0 Å². The molecule has 100 valence electrons. The second kappa shape index (κ2) is 4.99. The summed E-state index contributed by atoms with van der Waals surface area (Å²) in [6.07, 6.45) is 5.18. The molecule has 0 radical (unpaired) electrons. The number of nitrogens with one attached hydrogen (secondary N) is 1. The molecular weight excluding hydrogens is 230 g/mol. The van der Waals surface area contributed by atoms with E-state index in [2.05, 4.69) is 27.4 Å². The molecule has 1 aromatic rings. The Morgan fingerprint density at radius 2 is 2.50 bits per heavy atom. The van der Waals surface area contributed by atoms with Crippen LogP contribution in [0.1, 0.15) is 31.0 Å². The Balaban J connectivity index is 1.71. The van der Waals surface area contributed by atoms with Crippen molar-refractivity contribution < 1.29 is 9.47 Å². The fraction of sp³-hybridized carbons (Fsp3) is 0.769. The third-order valence-electron chi connectivity index (χ3n) is 3.93. The summed E-state index contributed by atoms with van der Waals surface area (Å²) >= 11 is 0. The van der Waals surface area contributed by atoms with E-state index in [9.17, 15) is 0 Å². The van der Waals surface area contributed by atoms with Crippen molar-refractivity contribution >= 4 is 0 Å². The maximum Gasteiger partial charge on any atom is 0.0957 e. The van der Waals surface area contributed by atoms with Crippen molar-refractivity contribution in [3.05, 3.63) is 18.0 Å². The van der Waals surface area contributed by atoms with Crippen LogP contribution >= 0.6 is 0 Å². The lowest BCUT2D eigenvalue weighted by molar-refractivity contribution is -0.0962. The van der Waals surface area contributed by atoms with Gasteiger partial charge in [0, 0.05) is 38.8 Å². The van der Waals surface area contributed by atoms with Gasteiger partial charge in [-0.25, -0.2) is 0 Å². The molecule has 0 aromatic carbocycles. The van der Waals surface area contributed by atoms with Crippen molar-refractivity contribution in [2.75, 3.05) is 26.9 Å². The van der Waals surface area contributed by atoms with Crippen molar-refractivity contribution in [3.8, 4) is 0 Å². The number of hydrogen-bond acceptors (Lipinski definition) is 4. The van der Waals surface area contributed by atoms with Crippen LogP contribution in [0.2, 0.25) is 0 Å². The van der Waals surface area contributed by atoms with Crippen LogP contribution in [0, 0.1) is 0 Å². The van der Waals surface area contributed by atoms with Gasteiger partial charge in [0.25, 0.3) is 0 Å². The van der Waals surface area contributed by atoms with Crippen LogP contribution in [-0.4, -0.2) is 42.2 Å². The molecule has 2 atom stereocenters. The second-order valence-corrected chi connectivity index (χ2v) is 5.30. The van der Waals surface area contributed by atoms with Crippen LogP contribution in [-0.2, 0) is 16.0 Å². The highest BCUT2D eigenvalue weighted by Gasteiger charge is 2.41. The van der Waals surface area contributed by atoms with E-state index >= 15 is 0 Å². The largest absolute Gasteiger partial charge is 0.378 e. The molecule has 18 heavy (non-hydrogen) atoms. The lowest BCUT2D eigenvalue weighted by Gasteiger charge is -2.37. The van der Waals surface area contributed by atoms with Crippen molar-refractivity contribution in [3.63, 3.8) is 0 Å². The number of nitrogens with zero attached hydrogens (tertiary/aromatic N) is 2. The van der Waals surface area contributed by atoms with Crippen LogP contribution in [0.3, 0.4) is 0 Å². The minimum absolute atomic E-state index is 0.0436. The Bertz CT molecular complexity index is 399.